The first-order chi connectivity index (χ1) is 5.66. The second kappa shape index (κ2) is 3.90. The zero-order valence-corrected chi connectivity index (χ0v) is 7.79. The SMILES string of the molecule is C=CC1C(O)CCCC1C(=C)C. The molecule has 0 spiro atoms. The van der Waals surface area contributed by atoms with Crippen LogP contribution in [0, 0.1) is 11.8 Å². The summed E-state index contributed by atoms with van der Waals surface area (Å²) in [5.41, 5.74) is 1.18. The van der Waals surface area contributed by atoms with E-state index in [1.54, 1.807) is 0 Å². The molecule has 0 aromatic heterocycles. The zero-order valence-electron chi connectivity index (χ0n) is 7.79. The van der Waals surface area contributed by atoms with E-state index >= 15 is 0 Å². The van der Waals surface area contributed by atoms with Crippen LogP contribution in [0.25, 0.3) is 0 Å². The van der Waals surface area contributed by atoms with Gasteiger partial charge in [0.2, 0.25) is 0 Å². The molecule has 0 saturated heterocycles. The zero-order chi connectivity index (χ0) is 9.14. The summed E-state index contributed by atoms with van der Waals surface area (Å²) in [6, 6.07) is 0. The molecular formula is C11H18O. The highest BCUT2D eigenvalue weighted by Crippen LogP contribution is 2.34. The molecule has 1 aliphatic rings. The van der Waals surface area contributed by atoms with Crippen molar-refractivity contribution in [2.45, 2.75) is 32.3 Å². The van der Waals surface area contributed by atoms with Gasteiger partial charge in [0, 0.05) is 5.92 Å². The first-order valence-electron chi connectivity index (χ1n) is 4.63. The van der Waals surface area contributed by atoms with Crippen molar-refractivity contribution in [1.29, 1.82) is 0 Å². The number of aliphatic hydroxyl groups is 1. The van der Waals surface area contributed by atoms with E-state index in [1.165, 1.54) is 5.57 Å². The lowest BCUT2D eigenvalue weighted by molar-refractivity contribution is 0.0687. The Labute approximate surface area is 74.8 Å². The molecule has 0 aliphatic heterocycles. The summed E-state index contributed by atoms with van der Waals surface area (Å²) in [5, 5.41) is 9.68. The Balaban J connectivity index is 2.70. The molecule has 1 fully saturated rings. The Bertz CT molecular complexity index is 183. The van der Waals surface area contributed by atoms with E-state index in [0.29, 0.717) is 5.92 Å². The Kier molecular flexibility index (Phi) is 3.10. The van der Waals surface area contributed by atoms with Crippen LogP contribution in [0.1, 0.15) is 26.2 Å². The van der Waals surface area contributed by atoms with Crippen LogP contribution in [-0.4, -0.2) is 11.2 Å². The lowest BCUT2D eigenvalue weighted by Crippen LogP contribution is -2.31. The van der Waals surface area contributed by atoms with Crippen molar-refractivity contribution in [3.05, 3.63) is 24.8 Å². The molecule has 1 heteroatoms. The maximum Gasteiger partial charge on any atom is 0.0608 e. The Morgan fingerprint density at radius 3 is 2.58 bits per heavy atom. The minimum Gasteiger partial charge on any atom is -0.392 e. The van der Waals surface area contributed by atoms with Crippen molar-refractivity contribution in [2.75, 3.05) is 0 Å². The third-order valence-corrected chi connectivity index (χ3v) is 2.83. The minimum absolute atomic E-state index is 0.196. The second-order valence-corrected chi connectivity index (χ2v) is 3.76. The van der Waals surface area contributed by atoms with Crippen molar-refractivity contribution in [3.8, 4) is 0 Å². The van der Waals surface area contributed by atoms with Crippen LogP contribution in [0.3, 0.4) is 0 Å². The molecule has 0 aromatic carbocycles. The molecule has 12 heavy (non-hydrogen) atoms. The Morgan fingerprint density at radius 1 is 1.50 bits per heavy atom. The van der Waals surface area contributed by atoms with Gasteiger partial charge >= 0.3 is 0 Å². The Morgan fingerprint density at radius 2 is 2.17 bits per heavy atom. The van der Waals surface area contributed by atoms with Gasteiger partial charge in [-0.25, -0.2) is 0 Å². The smallest absolute Gasteiger partial charge is 0.0608 e. The third-order valence-electron chi connectivity index (χ3n) is 2.83. The summed E-state index contributed by atoms with van der Waals surface area (Å²) in [6.07, 6.45) is 4.87. The van der Waals surface area contributed by atoms with Gasteiger partial charge in [0.05, 0.1) is 6.10 Å². The lowest BCUT2D eigenvalue weighted by Gasteiger charge is -2.33. The van der Waals surface area contributed by atoms with E-state index in [1.807, 2.05) is 13.0 Å². The summed E-state index contributed by atoms with van der Waals surface area (Å²) in [4.78, 5) is 0. The van der Waals surface area contributed by atoms with Crippen LogP contribution in [0.15, 0.2) is 24.8 Å². The average molecular weight is 166 g/mol. The summed E-state index contributed by atoms with van der Waals surface area (Å²) in [5.74, 6) is 0.683. The van der Waals surface area contributed by atoms with E-state index in [9.17, 15) is 5.11 Å². The van der Waals surface area contributed by atoms with Crippen molar-refractivity contribution < 1.29 is 5.11 Å². The normalized spacial score (nSPS) is 36.0. The topological polar surface area (TPSA) is 20.2 Å². The van der Waals surface area contributed by atoms with Crippen molar-refractivity contribution in [3.63, 3.8) is 0 Å². The number of hydrogen-bond acceptors (Lipinski definition) is 1. The highest BCUT2D eigenvalue weighted by atomic mass is 16.3. The summed E-state index contributed by atoms with van der Waals surface area (Å²) < 4.78 is 0. The van der Waals surface area contributed by atoms with Gasteiger partial charge in [-0.2, -0.15) is 0 Å². The van der Waals surface area contributed by atoms with E-state index in [4.69, 9.17) is 0 Å². The molecule has 0 bridgehead atoms. The van der Waals surface area contributed by atoms with Gasteiger partial charge < -0.3 is 5.11 Å². The molecule has 1 rings (SSSR count). The van der Waals surface area contributed by atoms with Crippen molar-refractivity contribution >= 4 is 0 Å². The standard InChI is InChI=1S/C11H18O/c1-4-9-10(8(2)3)6-5-7-11(9)12/h4,9-12H,1-2,5-7H2,3H3. The monoisotopic (exact) mass is 166 g/mol. The molecular weight excluding hydrogens is 148 g/mol. The van der Waals surface area contributed by atoms with E-state index < -0.39 is 0 Å². The molecule has 0 amide bonds. The highest BCUT2D eigenvalue weighted by molar-refractivity contribution is 5.06. The van der Waals surface area contributed by atoms with Gasteiger partial charge in [-0.1, -0.05) is 24.6 Å². The second-order valence-electron chi connectivity index (χ2n) is 3.76. The molecule has 1 saturated carbocycles. The van der Waals surface area contributed by atoms with Gasteiger partial charge in [-0.3, -0.25) is 0 Å². The maximum absolute atomic E-state index is 9.68. The van der Waals surface area contributed by atoms with Crippen molar-refractivity contribution in [1.82, 2.24) is 0 Å². The van der Waals surface area contributed by atoms with Crippen LogP contribution in [0.2, 0.25) is 0 Å². The third kappa shape index (κ3) is 1.78. The molecule has 1 aliphatic carbocycles. The fourth-order valence-electron chi connectivity index (χ4n) is 2.10. The first-order valence-corrected chi connectivity index (χ1v) is 4.63. The lowest BCUT2D eigenvalue weighted by atomic mass is 9.74. The molecule has 68 valence electrons. The average Bonchev–Trinajstić information content (AvgIpc) is 2.03. The van der Waals surface area contributed by atoms with Crippen LogP contribution in [0.4, 0.5) is 0 Å². The van der Waals surface area contributed by atoms with E-state index in [2.05, 4.69) is 13.2 Å². The number of aliphatic hydroxyl groups excluding tert-OH is 1. The molecule has 3 unspecified atom stereocenters. The minimum atomic E-state index is -0.196. The summed E-state index contributed by atoms with van der Waals surface area (Å²) in [6.45, 7) is 9.76. The van der Waals surface area contributed by atoms with E-state index in [-0.39, 0.29) is 12.0 Å². The summed E-state index contributed by atoms with van der Waals surface area (Å²) in [7, 11) is 0. The quantitative estimate of drug-likeness (QED) is 0.625. The number of hydrogen-bond donors (Lipinski definition) is 1. The maximum atomic E-state index is 9.68. The van der Waals surface area contributed by atoms with Crippen LogP contribution in [0.5, 0.6) is 0 Å². The van der Waals surface area contributed by atoms with Gasteiger partial charge in [-0.05, 0) is 25.7 Å². The van der Waals surface area contributed by atoms with Gasteiger partial charge in [-0.15, -0.1) is 6.58 Å². The summed E-state index contributed by atoms with van der Waals surface area (Å²) >= 11 is 0. The van der Waals surface area contributed by atoms with Gasteiger partial charge in [0.15, 0.2) is 0 Å². The van der Waals surface area contributed by atoms with Crippen molar-refractivity contribution in [2.24, 2.45) is 11.8 Å². The Hall–Kier alpha value is -0.560. The van der Waals surface area contributed by atoms with Gasteiger partial charge in [0.1, 0.15) is 0 Å². The molecule has 1 nitrogen and oxygen atoms in total. The molecule has 0 radical (unpaired) electrons. The number of rotatable bonds is 2. The highest BCUT2D eigenvalue weighted by Gasteiger charge is 2.29. The number of allylic oxidation sites excluding steroid dienone is 1. The largest absolute Gasteiger partial charge is 0.392 e. The first kappa shape index (κ1) is 9.53. The molecule has 0 heterocycles. The predicted octanol–water partition coefficient (Wildman–Crippen LogP) is 2.53. The predicted molar refractivity (Wildman–Crippen MR) is 51.8 cm³/mol. The van der Waals surface area contributed by atoms with E-state index in [0.717, 1.165) is 19.3 Å². The van der Waals surface area contributed by atoms with Crippen LogP contribution < -0.4 is 0 Å². The fraction of sp³-hybridized carbons (Fsp3) is 0.636. The fourth-order valence-corrected chi connectivity index (χ4v) is 2.10. The van der Waals surface area contributed by atoms with Gasteiger partial charge in [0.25, 0.3) is 0 Å². The molecule has 3 atom stereocenters. The molecule has 0 aromatic rings. The van der Waals surface area contributed by atoms with Crippen LogP contribution in [-0.2, 0) is 0 Å². The van der Waals surface area contributed by atoms with Crippen LogP contribution >= 0.6 is 0 Å². The molecule has 1 N–H and O–H groups in total.